The Kier molecular flexibility index (Phi) is 3.07. The molecule has 0 N–H and O–H groups in total. The van der Waals surface area contributed by atoms with Crippen LogP contribution in [-0.2, 0) is 19.4 Å². The van der Waals surface area contributed by atoms with Crippen molar-refractivity contribution >= 4 is 3.90 Å². The maximum absolute atomic E-state index is 11.7. The van der Waals surface area contributed by atoms with E-state index < -0.39 is 6.18 Å². The van der Waals surface area contributed by atoms with Gasteiger partial charge in [0, 0.05) is 0 Å². The van der Waals surface area contributed by atoms with Gasteiger partial charge in [-0.05, 0) is 0 Å². The molecule has 0 aromatic carbocycles. The number of hydrogen-bond acceptors (Lipinski definition) is 0. The van der Waals surface area contributed by atoms with Crippen molar-refractivity contribution < 1.29 is 32.5 Å². The van der Waals surface area contributed by atoms with Gasteiger partial charge in [-0.15, -0.1) is 0 Å². The zero-order chi connectivity index (χ0) is 7.65. The number of alkyl halides is 3. The number of halogens is 3. The zero-order valence-electron chi connectivity index (χ0n) is 5.12. The van der Waals surface area contributed by atoms with Gasteiger partial charge in [0.05, 0.1) is 0 Å². The second-order valence-electron chi connectivity index (χ2n) is 2.02. The Morgan fingerprint density at radius 3 is 1.67 bits per heavy atom. The zero-order valence-corrected chi connectivity index (χ0v) is 8.05. The molecule has 4 heteroatoms. The van der Waals surface area contributed by atoms with E-state index >= 15 is 0 Å². The molecule has 0 aliphatic carbocycles. The normalized spacial score (nSPS) is 12.2. The third-order valence-corrected chi connectivity index (χ3v) is 3.33. The standard InChI is InChI=1S/C5H7F3.W/c1-4(2)3-5(6,7)8;/h4H,1-2H3;. The van der Waals surface area contributed by atoms with E-state index in [1.807, 2.05) is 0 Å². The first-order valence-corrected chi connectivity index (χ1v) is 3.93. The van der Waals surface area contributed by atoms with Gasteiger partial charge < -0.3 is 0 Å². The molecule has 0 saturated heterocycles. The molecule has 54 valence electrons. The summed E-state index contributed by atoms with van der Waals surface area (Å²) in [5.74, 6) is -0.361. The molecule has 0 saturated carbocycles. The van der Waals surface area contributed by atoms with Gasteiger partial charge in [-0.3, -0.25) is 0 Å². The summed E-state index contributed by atoms with van der Waals surface area (Å²) in [6.07, 6.45) is -4.07. The molecule has 0 aliphatic heterocycles. The van der Waals surface area contributed by atoms with Crippen LogP contribution < -0.4 is 0 Å². The van der Waals surface area contributed by atoms with Gasteiger partial charge in [-0.2, -0.15) is 0 Å². The van der Waals surface area contributed by atoms with Crippen LogP contribution in [0.5, 0.6) is 0 Å². The fourth-order valence-corrected chi connectivity index (χ4v) is 0.327. The average molecular weight is 308 g/mol. The summed E-state index contributed by atoms with van der Waals surface area (Å²) in [7, 11) is 0. The molecule has 0 unspecified atom stereocenters. The molecule has 0 aliphatic rings. The first-order chi connectivity index (χ1) is 3.85. The summed E-state index contributed by atoms with van der Waals surface area (Å²) < 4.78 is 34.7. The van der Waals surface area contributed by atoms with Crippen molar-refractivity contribution in [2.75, 3.05) is 0 Å². The average Bonchev–Trinajstić information content (AvgIpc) is 1.62. The number of rotatable bonds is 1. The Labute approximate surface area is 62.8 Å². The van der Waals surface area contributed by atoms with Crippen molar-refractivity contribution in [3.8, 4) is 0 Å². The minimum absolute atomic E-state index is 0.331. The molecule has 0 rings (SSSR count). The molecule has 0 atom stereocenters. The van der Waals surface area contributed by atoms with Crippen LogP contribution >= 0.6 is 0 Å². The summed E-state index contributed by atoms with van der Waals surface area (Å²) in [6, 6.07) is 0. The molecule has 0 aromatic heterocycles. The Morgan fingerprint density at radius 1 is 1.33 bits per heavy atom. The fraction of sp³-hybridized carbons (Fsp3) is 0.800. The van der Waals surface area contributed by atoms with Crippen LogP contribution in [0.15, 0.2) is 0 Å². The Morgan fingerprint density at radius 2 is 1.67 bits per heavy atom. The van der Waals surface area contributed by atoms with Crippen LogP contribution in [0.4, 0.5) is 13.2 Å². The monoisotopic (exact) mass is 308 g/mol. The SMILES string of the molecule is CC(C)[C](=[W])C(F)(F)F. The topological polar surface area (TPSA) is 0 Å². The van der Waals surface area contributed by atoms with Crippen molar-refractivity contribution in [1.29, 1.82) is 0 Å². The van der Waals surface area contributed by atoms with Crippen molar-refractivity contribution in [2.24, 2.45) is 5.92 Å². The summed E-state index contributed by atoms with van der Waals surface area (Å²) in [6.45, 7) is 3.10. The molecule has 0 radical (unpaired) electrons. The predicted octanol–water partition coefficient (Wildman–Crippen LogP) is 1.92. The van der Waals surface area contributed by atoms with Crippen molar-refractivity contribution in [2.45, 2.75) is 20.0 Å². The summed E-state index contributed by atoms with van der Waals surface area (Å²) >= 11 is 0.521. The quantitative estimate of drug-likeness (QED) is 0.694. The molecule has 0 bridgehead atoms. The third-order valence-electron chi connectivity index (χ3n) is 0.804. The second kappa shape index (κ2) is 2.96. The molecular formula is C5H7F3W. The maximum atomic E-state index is 11.7. The molecular weight excluding hydrogens is 301 g/mol. The van der Waals surface area contributed by atoms with E-state index in [-0.39, 0.29) is 9.82 Å². The predicted molar refractivity (Wildman–Crippen MR) is 25.9 cm³/mol. The molecule has 0 fully saturated rings. The fourth-order valence-electron chi connectivity index (χ4n) is 0.327. The van der Waals surface area contributed by atoms with E-state index in [9.17, 15) is 13.2 Å². The summed E-state index contributed by atoms with van der Waals surface area (Å²) in [5, 5.41) is 0. The van der Waals surface area contributed by atoms with Crippen LogP contribution in [0.2, 0.25) is 0 Å². The van der Waals surface area contributed by atoms with Crippen molar-refractivity contribution in [1.82, 2.24) is 0 Å². The van der Waals surface area contributed by atoms with E-state index in [0.717, 1.165) is 0 Å². The van der Waals surface area contributed by atoms with Gasteiger partial charge in [0.25, 0.3) is 0 Å². The van der Waals surface area contributed by atoms with Gasteiger partial charge in [-0.25, -0.2) is 0 Å². The van der Waals surface area contributed by atoms with Gasteiger partial charge in [0.1, 0.15) is 0 Å². The second-order valence-corrected chi connectivity index (χ2v) is 3.60. The van der Waals surface area contributed by atoms with E-state index in [2.05, 4.69) is 0 Å². The van der Waals surface area contributed by atoms with E-state index in [0.29, 0.717) is 19.4 Å². The molecule has 0 heterocycles. The van der Waals surface area contributed by atoms with Crippen molar-refractivity contribution in [3.05, 3.63) is 0 Å². The summed E-state index contributed by atoms with van der Waals surface area (Å²) in [4.78, 5) is 0. The molecule has 0 aromatic rings. The Balaban J connectivity index is 4.06. The molecule has 0 nitrogen and oxygen atoms in total. The Hall–Kier alpha value is 0.348. The Bertz CT molecular complexity index is 114. The van der Waals surface area contributed by atoms with Gasteiger partial charge >= 0.3 is 62.4 Å². The van der Waals surface area contributed by atoms with Crippen LogP contribution in [0.3, 0.4) is 0 Å². The van der Waals surface area contributed by atoms with Crippen molar-refractivity contribution in [3.63, 3.8) is 0 Å². The van der Waals surface area contributed by atoms with Crippen LogP contribution in [-0.4, -0.2) is 10.1 Å². The first-order valence-electron chi connectivity index (χ1n) is 2.46. The first kappa shape index (κ1) is 9.35. The van der Waals surface area contributed by atoms with Gasteiger partial charge in [0.15, 0.2) is 0 Å². The molecule has 0 amide bonds. The molecule has 9 heavy (non-hydrogen) atoms. The number of hydrogen-bond donors (Lipinski definition) is 0. The van der Waals surface area contributed by atoms with E-state index in [1.165, 1.54) is 0 Å². The molecule has 0 spiro atoms. The third kappa shape index (κ3) is 3.14. The minimum atomic E-state index is -4.07. The van der Waals surface area contributed by atoms with E-state index in [1.54, 1.807) is 13.8 Å². The van der Waals surface area contributed by atoms with Crippen LogP contribution in [0, 0.1) is 5.92 Å². The van der Waals surface area contributed by atoms with Gasteiger partial charge in [-0.1, -0.05) is 0 Å². The van der Waals surface area contributed by atoms with Crippen LogP contribution in [0.1, 0.15) is 13.8 Å². The van der Waals surface area contributed by atoms with E-state index in [4.69, 9.17) is 0 Å². The van der Waals surface area contributed by atoms with Crippen LogP contribution in [0.25, 0.3) is 0 Å². The van der Waals surface area contributed by atoms with Gasteiger partial charge in [0.2, 0.25) is 0 Å². The summed E-state index contributed by atoms with van der Waals surface area (Å²) in [5.41, 5.74) is 0.